The molecule has 0 spiro atoms. The molecule has 0 amide bonds. The largest absolute Gasteiger partial charge is 0.487 e. The number of nitrogens with one attached hydrogen (secondary N) is 1. The number of hydrogen-bond acceptors (Lipinski definition) is 3. The van der Waals surface area contributed by atoms with Crippen LogP contribution in [-0.2, 0) is 13.2 Å². The zero-order chi connectivity index (χ0) is 13.5. The van der Waals surface area contributed by atoms with Crippen molar-refractivity contribution in [3.05, 3.63) is 50.6 Å². The Morgan fingerprint density at radius 2 is 2.21 bits per heavy atom. The summed E-state index contributed by atoms with van der Waals surface area (Å²) in [4.78, 5) is 0. The summed E-state index contributed by atoms with van der Waals surface area (Å²) >= 11 is 5.27. The summed E-state index contributed by atoms with van der Waals surface area (Å²) in [7, 11) is 0. The maximum atomic E-state index is 5.96. The number of thiophene rings is 1. The molecular formula is C15H18BrNOS. The van der Waals surface area contributed by atoms with Crippen LogP contribution < -0.4 is 10.1 Å². The Kier molecular flexibility index (Phi) is 5.89. The van der Waals surface area contributed by atoms with Crippen LogP contribution in [0.2, 0.25) is 0 Å². The van der Waals surface area contributed by atoms with E-state index < -0.39 is 0 Å². The first-order chi connectivity index (χ1) is 9.31. The van der Waals surface area contributed by atoms with E-state index in [0.29, 0.717) is 6.61 Å². The Morgan fingerprint density at radius 1 is 1.32 bits per heavy atom. The van der Waals surface area contributed by atoms with Crippen molar-refractivity contribution < 1.29 is 4.74 Å². The summed E-state index contributed by atoms with van der Waals surface area (Å²) in [6.07, 6.45) is 1.14. The van der Waals surface area contributed by atoms with E-state index in [1.54, 1.807) is 11.3 Å². The molecule has 0 unspecified atom stereocenters. The van der Waals surface area contributed by atoms with Gasteiger partial charge >= 0.3 is 0 Å². The van der Waals surface area contributed by atoms with Gasteiger partial charge < -0.3 is 10.1 Å². The van der Waals surface area contributed by atoms with Gasteiger partial charge in [-0.25, -0.2) is 0 Å². The maximum Gasteiger partial charge on any atom is 0.138 e. The first-order valence-electron chi connectivity index (χ1n) is 6.43. The van der Waals surface area contributed by atoms with Crippen molar-refractivity contribution >= 4 is 27.3 Å². The van der Waals surface area contributed by atoms with Crippen LogP contribution in [-0.4, -0.2) is 6.54 Å². The van der Waals surface area contributed by atoms with Gasteiger partial charge in [0.25, 0.3) is 0 Å². The number of para-hydroxylation sites is 1. The van der Waals surface area contributed by atoms with E-state index in [-0.39, 0.29) is 0 Å². The molecule has 2 rings (SSSR count). The second-order valence-electron chi connectivity index (χ2n) is 4.33. The van der Waals surface area contributed by atoms with Crippen molar-refractivity contribution in [2.45, 2.75) is 26.5 Å². The van der Waals surface area contributed by atoms with Crippen LogP contribution in [0.4, 0.5) is 0 Å². The van der Waals surface area contributed by atoms with Gasteiger partial charge in [0.1, 0.15) is 12.4 Å². The third-order valence-electron chi connectivity index (χ3n) is 2.75. The molecule has 0 aliphatic heterocycles. The first kappa shape index (κ1) is 14.6. The predicted molar refractivity (Wildman–Crippen MR) is 84.8 cm³/mol. The number of hydrogen-bond donors (Lipinski definition) is 1. The lowest BCUT2D eigenvalue weighted by molar-refractivity contribution is 0.300. The van der Waals surface area contributed by atoms with Crippen molar-refractivity contribution in [1.82, 2.24) is 5.32 Å². The van der Waals surface area contributed by atoms with Gasteiger partial charge in [0.05, 0.1) is 4.47 Å². The van der Waals surface area contributed by atoms with Gasteiger partial charge in [0, 0.05) is 12.1 Å². The first-order valence-corrected chi connectivity index (χ1v) is 8.17. The van der Waals surface area contributed by atoms with Gasteiger partial charge in [-0.15, -0.1) is 0 Å². The van der Waals surface area contributed by atoms with Gasteiger partial charge in [-0.1, -0.05) is 19.1 Å². The van der Waals surface area contributed by atoms with E-state index in [4.69, 9.17) is 4.74 Å². The molecule has 0 aliphatic carbocycles. The fraction of sp³-hybridized carbons (Fsp3) is 0.333. The molecule has 0 saturated heterocycles. The molecule has 0 saturated carbocycles. The summed E-state index contributed by atoms with van der Waals surface area (Å²) in [6, 6.07) is 8.27. The molecule has 2 nitrogen and oxygen atoms in total. The number of benzene rings is 1. The summed E-state index contributed by atoms with van der Waals surface area (Å²) in [5.41, 5.74) is 2.41. The van der Waals surface area contributed by atoms with Gasteiger partial charge in [0.15, 0.2) is 0 Å². The molecule has 1 aromatic heterocycles. The quantitative estimate of drug-likeness (QED) is 0.745. The molecule has 0 aliphatic rings. The van der Waals surface area contributed by atoms with E-state index in [1.165, 1.54) is 11.1 Å². The third kappa shape index (κ3) is 4.34. The summed E-state index contributed by atoms with van der Waals surface area (Å²) in [5, 5.41) is 7.60. The Labute approximate surface area is 126 Å². The van der Waals surface area contributed by atoms with Crippen LogP contribution in [0.5, 0.6) is 5.75 Å². The Morgan fingerprint density at radius 3 is 2.95 bits per heavy atom. The molecule has 19 heavy (non-hydrogen) atoms. The molecule has 0 atom stereocenters. The van der Waals surface area contributed by atoms with E-state index in [1.807, 2.05) is 12.1 Å². The minimum atomic E-state index is 0.618. The van der Waals surface area contributed by atoms with Crippen LogP contribution >= 0.6 is 27.3 Å². The van der Waals surface area contributed by atoms with Gasteiger partial charge in [-0.05, 0) is 57.4 Å². The fourth-order valence-corrected chi connectivity index (χ4v) is 2.96. The van der Waals surface area contributed by atoms with Crippen LogP contribution in [0.3, 0.4) is 0 Å². The lowest BCUT2D eigenvalue weighted by Crippen LogP contribution is -2.14. The molecule has 1 heterocycles. The molecule has 1 aromatic carbocycles. The van der Waals surface area contributed by atoms with Crippen molar-refractivity contribution in [1.29, 1.82) is 0 Å². The summed E-state index contributed by atoms with van der Waals surface area (Å²) in [5.74, 6) is 0.942. The van der Waals surface area contributed by atoms with Crippen molar-refractivity contribution in [3.63, 3.8) is 0 Å². The fourth-order valence-electron chi connectivity index (χ4n) is 1.78. The average molecular weight is 340 g/mol. The Hall–Kier alpha value is -0.840. The standard InChI is InChI=1S/C15H18BrNOS/c1-2-7-17-9-13-4-3-5-14(16)15(13)18-10-12-6-8-19-11-12/h3-6,8,11,17H,2,7,9-10H2,1H3. The van der Waals surface area contributed by atoms with Gasteiger partial charge in [-0.3, -0.25) is 0 Å². The van der Waals surface area contributed by atoms with Crippen LogP contribution in [0, 0.1) is 0 Å². The molecule has 2 aromatic rings. The highest BCUT2D eigenvalue weighted by Gasteiger charge is 2.08. The molecule has 1 N–H and O–H groups in total. The molecule has 0 bridgehead atoms. The smallest absolute Gasteiger partial charge is 0.138 e. The van der Waals surface area contributed by atoms with Crippen molar-refractivity contribution in [3.8, 4) is 5.75 Å². The summed E-state index contributed by atoms with van der Waals surface area (Å²) < 4.78 is 6.98. The highest BCUT2D eigenvalue weighted by Crippen LogP contribution is 2.30. The zero-order valence-electron chi connectivity index (χ0n) is 11.0. The zero-order valence-corrected chi connectivity index (χ0v) is 13.4. The second kappa shape index (κ2) is 7.68. The second-order valence-corrected chi connectivity index (χ2v) is 5.96. The molecule has 0 fully saturated rings. The number of ether oxygens (including phenoxy) is 1. The Bertz CT molecular complexity index is 499. The van der Waals surface area contributed by atoms with Crippen LogP contribution in [0.15, 0.2) is 39.5 Å². The van der Waals surface area contributed by atoms with E-state index in [2.05, 4.69) is 51.1 Å². The SMILES string of the molecule is CCCNCc1cccc(Br)c1OCc1ccsc1. The van der Waals surface area contributed by atoms with Crippen LogP contribution in [0.1, 0.15) is 24.5 Å². The maximum absolute atomic E-state index is 5.96. The lowest BCUT2D eigenvalue weighted by Gasteiger charge is -2.13. The average Bonchev–Trinajstić information content (AvgIpc) is 2.91. The number of rotatable bonds is 7. The highest BCUT2D eigenvalue weighted by atomic mass is 79.9. The topological polar surface area (TPSA) is 21.3 Å². The molecule has 0 radical (unpaired) electrons. The normalized spacial score (nSPS) is 10.6. The van der Waals surface area contributed by atoms with E-state index in [9.17, 15) is 0 Å². The third-order valence-corrected chi connectivity index (χ3v) is 4.11. The van der Waals surface area contributed by atoms with E-state index in [0.717, 1.165) is 29.7 Å². The molecular weight excluding hydrogens is 322 g/mol. The molecule has 4 heteroatoms. The van der Waals surface area contributed by atoms with Gasteiger partial charge in [-0.2, -0.15) is 11.3 Å². The predicted octanol–water partition coefficient (Wildman–Crippen LogP) is 4.59. The number of halogens is 1. The van der Waals surface area contributed by atoms with Crippen molar-refractivity contribution in [2.24, 2.45) is 0 Å². The van der Waals surface area contributed by atoms with Crippen molar-refractivity contribution in [2.75, 3.05) is 6.54 Å². The van der Waals surface area contributed by atoms with Gasteiger partial charge in [0.2, 0.25) is 0 Å². The highest BCUT2D eigenvalue weighted by molar-refractivity contribution is 9.10. The summed E-state index contributed by atoms with van der Waals surface area (Å²) in [6.45, 7) is 4.65. The lowest BCUT2D eigenvalue weighted by atomic mass is 10.2. The Balaban J connectivity index is 2.04. The minimum absolute atomic E-state index is 0.618. The van der Waals surface area contributed by atoms with Crippen LogP contribution in [0.25, 0.3) is 0 Å². The monoisotopic (exact) mass is 339 g/mol. The van der Waals surface area contributed by atoms with E-state index >= 15 is 0 Å². The minimum Gasteiger partial charge on any atom is -0.487 e. The molecule has 102 valence electrons.